The highest BCUT2D eigenvalue weighted by atomic mass is 35.5. The number of nitrogens with one attached hydrogen (secondary N) is 2. The van der Waals surface area contributed by atoms with Crippen LogP contribution in [0.5, 0.6) is 5.88 Å². The quantitative estimate of drug-likeness (QED) is 0.538. The first kappa shape index (κ1) is 22.7. The van der Waals surface area contributed by atoms with E-state index in [2.05, 4.69) is 44.6 Å². The fourth-order valence-corrected chi connectivity index (χ4v) is 4.84. The average molecular weight is 499 g/mol. The number of halogens is 2. The van der Waals surface area contributed by atoms with Gasteiger partial charge in [-0.25, -0.2) is 4.98 Å². The molecule has 10 heteroatoms. The lowest BCUT2D eigenvalue weighted by molar-refractivity contribution is 0.0867. The minimum absolute atomic E-state index is 0.209. The van der Waals surface area contributed by atoms with Crippen molar-refractivity contribution in [2.75, 3.05) is 34.8 Å². The summed E-state index contributed by atoms with van der Waals surface area (Å²) in [6, 6.07) is 13.6. The van der Waals surface area contributed by atoms with Crippen molar-refractivity contribution < 1.29 is 9.53 Å². The van der Waals surface area contributed by atoms with Crippen molar-refractivity contribution in [3.05, 3.63) is 64.3 Å². The number of aromatic nitrogens is 2. The molecule has 1 saturated heterocycles. The van der Waals surface area contributed by atoms with Gasteiger partial charge in [-0.05, 0) is 50.2 Å². The third-order valence-electron chi connectivity index (χ3n) is 5.98. The van der Waals surface area contributed by atoms with E-state index in [4.69, 9.17) is 27.9 Å². The second-order valence-corrected chi connectivity index (χ2v) is 9.11. The van der Waals surface area contributed by atoms with Gasteiger partial charge in [0, 0.05) is 43.2 Å². The van der Waals surface area contributed by atoms with E-state index in [0.29, 0.717) is 27.7 Å². The molecule has 1 unspecified atom stereocenters. The molecule has 8 nitrogen and oxygen atoms in total. The van der Waals surface area contributed by atoms with Crippen LogP contribution in [0, 0.1) is 0 Å². The molecule has 2 atom stereocenters. The first-order chi connectivity index (χ1) is 16.4. The molecule has 1 amide bonds. The van der Waals surface area contributed by atoms with E-state index in [1.165, 1.54) is 16.8 Å². The van der Waals surface area contributed by atoms with Crippen LogP contribution in [0.2, 0.25) is 10.0 Å². The molecule has 3 heterocycles. The summed E-state index contributed by atoms with van der Waals surface area (Å²) in [4.78, 5) is 25.8. The van der Waals surface area contributed by atoms with Gasteiger partial charge in [-0.15, -0.1) is 0 Å². The van der Waals surface area contributed by atoms with Crippen molar-refractivity contribution in [1.82, 2.24) is 15.3 Å². The van der Waals surface area contributed by atoms with Gasteiger partial charge in [-0.1, -0.05) is 29.3 Å². The van der Waals surface area contributed by atoms with E-state index in [-0.39, 0.29) is 17.4 Å². The number of nitrogens with zero attached hydrogens (tertiary/aromatic N) is 4. The summed E-state index contributed by atoms with van der Waals surface area (Å²) < 4.78 is 5.95. The average Bonchev–Trinajstić information content (AvgIpc) is 2.82. The van der Waals surface area contributed by atoms with E-state index in [0.717, 1.165) is 25.3 Å². The zero-order chi connectivity index (χ0) is 23.8. The van der Waals surface area contributed by atoms with Crippen molar-refractivity contribution in [2.24, 2.45) is 0 Å². The number of para-hydroxylation sites is 1. The number of piperazine rings is 1. The molecule has 1 aromatic heterocycles. The molecule has 0 saturated carbocycles. The molecule has 3 aromatic rings. The number of hydrogen-bond donors (Lipinski definition) is 2. The van der Waals surface area contributed by atoms with Gasteiger partial charge in [0.15, 0.2) is 6.23 Å². The SMILES string of the molecule is CC1Oc2nc(Nc3ccc(N4CCNC[C@@H]4C)cc3)ncc2C(=O)N1c1c(Cl)cccc1Cl. The van der Waals surface area contributed by atoms with Crippen LogP contribution in [-0.4, -0.2) is 47.8 Å². The number of fused-ring (bicyclic) bond motifs is 1. The first-order valence-corrected chi connectivity index (χ1v) is 11.8. The number of rotatable bonds is 4. The number of anilines is 4. The summed E-state index contributed by atoms with van der Waals surface area (Å²) >= 11 is 12.6. The van der Waals surface area contributed by atoms with Crippen molar-refractivity contribution in [3.8, 4) is 5.88 Å². The maximum absolute atomic E-state index is 13.2. The van der Waals surface area contributed by atoms with Crippen molar-refractivity contribution in [1.29, 1.82) is 0 Å². The fraction of sp³-hybridized carbons (Fsp3) is 0.292. The molecular weight excluding hydrogens is 475 g/mol. The maximum atomic E-state index is 13.2. The van der Waals surface area contributed by atoms with Crippen molar-refractivity contribution in [2.45, 2.75) is 26.1 Å². The van der Waals surface area contributed by atoms with E-state index in [1.54, 1.807) is 25.1 Å². The Kier molecular flexibility index (Phi) is 6.20. The molecule has 2 aliphatic heterocycles. The zero-order valence-electron chi connectivity index (χ0n) is 18.8. The van der Waals surface area contributed by atoms with Crippen molar-refractivity contribution in [3.63, 3.8) is 0 Å². The molecule has 2 aromatic carbocycles. The lowest BCUT2D eigenvalue weighted by Gasteiger charge is -2.36. The van der Waals surface area contributed by atoms with Gasteiger partial charge in [0.05, 0.1) is 15.7 Å². The number of carbonyl (C=O) groups is 1. The number of amides is 1. The minimum atomic E-state index is -0.652. The van der Waals surface area contributed by atoms with Crippen LogP contribution in [0.4, 0.5) is 23.0 Å². The Bertz CT molecular complexity index is 1200. The van der Waals surface area contributed by atoms with Crippen LogP contribution in [0.25, 0.3) is 0 Å². The van der Waals surface area contributed by atoms with Gasteiger partial charge < -0.3 is 20.3 Å². The van der Waals surface area contributed by atoms with Crippen molar-refractivity contribution >= 4 is 52.1 Å². The number of carbonyl (C=O) groups excluding carboxylic acids is 1. The Balaban J connectivity index is 1.35. The molecule has 34 heavy (non-hydrogen) atoms. The van der Waals surface area contributed by atoms with E-state index >= 15 is 0 Å². The van der Waals surface area contributed by atoms with Gasteiger partial charge in [0.25, 0.3) is 5.91 Å². The van der Waals surface area contributed by atoms with Crippen LogP contribution in [-0.2, 0) is 0 Å². The zero-order valence-corrected chi connectivity index (χ0v) is 20.3. The Hall–Kier alpha value is -3.07. The Morgan fingerprint density at radius 1 is 1.12 bits per heavy atom. The standard InChI is InChI=1S/C24H24Cl2N6O2/c1-14-12-27-10-11-31(14)17-8-6-16(7-9-17)29-24-28-13-18-22(30-24)34-15(2)32(23(18)33)21-19(25)4-3-5-20(21)26/h3-9,13-15,27H,10-12H2,1-2H3,(H,28,29,30)/t14-,15?/m0/s1. The normalized spacial score (nSPS) is 20.1. The van der Waals surface area contributed by atoms with E-state index < -0.39 is 6.23 Å². The largest absolute Gasteiger partial charge is 0.453 e. The van der Waals surface area contributed by atoms with E-state index in [9.17, 15) is 4.79 Å². The Morgan fingerprint density at radius 2 is 1.85 bits per heavy atom. The van der Waals surface area contributed by atoms with Crippen LogP contribution >= 0.6 is 23.2 Å². The third kappa shape index (κ3) is 4.24. The highest BCUT2D eigenvalue weighted by Crippen LogP contribution is 2.39. The Labute approximate surface area is 207 Å². The molecule has 0 radical (unpaired) electrons. The second kappa shape index (κ2) is 9.29. The summed E-state index contributed by atoms with van der Waals surface area (Å²) in [6.45, 7) is 6.88. The molecule has 2 N–H and O–H groups in total. The van der Waals surface area contributed by atoms with Gasteiger partial charge >= 0.3 is 0 Å². The monoisotopic (exact) mass is 498 g/mol. The summed E-state index contributed by atoms with van der Waals surface area (Å²) in [5, 5.41) is 7.31. The topological polar surface area (TPSA) is 82.6 Å². The summed E-state index contributed by atoms with van der Waals surface area (Å²) in [7, 11) is 0. The molecule has 0 aliphatic carbocycles. The third-order valence-corrected chi connectivity index (χ3v) is 6.59. The smallest absolute Gasteiger partial charge is 0.268 e. The molecule has 0 bridgehead atoms. The van der Waals surface area contributed by atoms with Gasteiger partial charge in [0.1, 0.15) is 5.56 Å². The van der Waals surface area contributed by atoms with E-state index in [1.807, 2.05) is 12.1 Å². The highest BCUT2D eigenvalue weighted by Gasteiger charge is 2.36. The summed E-state index contributed by atoms with van der Waals surface area (Å²) in [5.41, 5.74) is 2.65. The van der Waals surface area contributed by atoms with Crippen LogP contribution in [0.1, 0.15) is 24.2 Å². The molecular formula is C24H24Cl2N6O2. The van der Waals surface area contributed by atoms with Gasteiger partial charge in [-0.2, -0.15) is 4.98 Å². The predicted octanol–water partition coefficient (Wildman–Crippen LogP) is 4.71. The van der Waals surface area contributed by atoms with Crippen LogP contribution in [0.3, 0.4) is 0 Å². The molecule has 5 rings (SSSR count). The molecule has 2 aliphatic rings. The lowest BCUT2D eigenvalue weighted by Crippen LogP contribution is -2.49. The van der Waals surface area contributed by atoms with Crippen LogP contribution < -0.4 is 25.2 Å². The lowest BCUT2D eigenvalue weighted by atomic mass is 10.1. The molecule has 0 spiro atoms. The number of ether oxygens (including phenoxy) is 1. The maximum Gasteiger partial charge on any atom is 0.268 e. The summed E-state index contributed by atoms with van der Waals surface area (Å²) in [6.07, 6.45) is 0.799. The number of benzene rings is 2. The fourth-order valence-electron chi connectivity index (χ4n) is 4.26. The first-order valence-electron chi connectivity index (χ1n) is 11.1. The molecule has 1 fully saturated rings. The summed E-state index contributed by atoms with van der Waals surface area (Å²) in [5.74, 6) is 0.219. The van der Waals surface area contributed by atoms with Gasteiger partial charge in [-0.3, -0.25) is 9.69 Å². The highest BCUT2D eigenvalue weighted by molar-refractivity contribution is 6.40. The Morgan fingerprint density at radius 3 is 2.56 bits per heavy atom. The second-order valence-electron chi connectivity index (χ2n) is 8.29. The number of hydrogen-bond acceptors (Lipinski definition) is 7. The minimum Gasteiger partial charge on any atom is -0.453 e. The molecule has 176 valence electrons. The predicted molar refractivity (Wildman–Crippen MR) is 135 cm³/mol. The van der Waals surface area contributed by atoms with Gasteiger partial charge in [0.2, 0.25) is 11.8 Å². The van der Waals surface area contributed by atoms with Crippen LogP contribution in [0.15, 0.2) is 48.7 Å².